The van der Waals surface area contributed by atoms with Gasteiger partial charge in [0.1, 0.15) is 0 Å². The maximum atomic E-state index is 12.4. The Labute approximate surface area is 148 Å². The Morgan fingerprint density at radius 2 is 1.83 bits per heavy atom. The maximum absolute atomic E-state index is 12.4. The third kappa shape index (κ3) is 3.13. The molecule has 1 aromatic heterocycles. The lowest BCUT2D eigenvalue weighted by atomic mass is 10.2. The normalized spacial score (nSPS) is 11.6. The van der Waals surface area contributed by atoms with E-state index in [1.807, 2.05) is 22.5 Å². The minimum absolute atomic E-state index is 0.000337. The standard InChI is InChI=1S/C16H12Cl2N2O3S/c1-20-7-6-10-8-12(3-5-15(10)20)24(22,23)19-16(21)13-4-2-11(17)9-14(13)18/h2-9H,1H3,(H,19,21). The van der Waals surface area contributed by atoms with Crippen LogP contribution in [0.3, 0.4) is 0 Å². The van der Waals surface area contributed by atoms with Crippen LogP contribution >= 0.6 is 23.2 Å². The molecule has 0 aliphatic carbocycles. The van der Waals surface area contributed by atoms with E-state index in [-0.39, 0.29) is 15.5 Å². The molecule has 0 aliphatic heterocycles. The Kier molecular flexibility index (Phi) is 4.29. The average molecular weight is 383 g/mol. The number of carbonyl (C=O) groups is 1. The van der Waals surface area contributed by atoms with Crippen molar-refractivity contribution in [2.24, 2.45) is 7.05 Å². The Morgan fingerprint density at radius 3 is 2.54 bits per heavy atom. The number of benzene rings is 2. The number of hydrogen-bond acceptors (Lipinski definition) is 3. The molecule has 0 bridgehead atoms. The minimum Gasteiger partial charge on any atom is -0.351 e. The third-order valence-corrected chi connectivity index (χ3v) is 5.45. The Morgan fingerprint density at radius 1 is 1.08 bits per heavy atom. The molecule has 1 heterocycles. The summed E-state index contributed by atoms with van der Waals surface area (Å²) in [6.45, 7) is 0. The molecule has 24 heavy (non-hydrogen) atoms. The number of amides is 1. The number of aromatic nitrogens is 1. The molecule has 0 unspecified atom stereocenters. The van der Waals surface area contributed by atoms with Crippen molar-refractivity contribution in [2.45, 2.75) is 4.90 Å². The van der Waals surface area contributed by atoms with Gasteiger partial charge in [-0.3, -0.25) is 4.79 Å². The van der Waals surface area contributed by atoms with Crippen molar-refractivity contribution in [1.82, 2.24) is 9.29 Å². The van der Waals surface area contributed by atoms with Crippen LogP contribution in [0.15, 0.2) is 53.6 Å². The summed E-state index contributed by atoms with van der Waals surface area (Å²) in [5, 5.41) is 1.19. The molecule has 1 amide bonds. The van der Waals surface area contributed by atoms with Crippen LogP contribution in [0.25, 0.3) is 10.9 Å². The third-order valence-electron chi connectivity index (χ3n) is 3.57. The number of nitrogens with one attached hydrogen (secondary N) is 1. The topological polar surface area (TPSA) is 68.2 Å². The average Bonchev–Trinajstić information content (AvgIpc) is 2.87. The molecule has 0 aliphatic rings. The van der Waals surface area contributed by atoms with E-state index < -0.39 is 15.9 Å². The summed E-state index contributed by atoms with van der Waals surface area (Å²) in [6.07, 6.45) is 1.83. The van der Waals surface area contributed by atoms with Crippen molar-refractivity contribution < 1.29 is 13.2 Å². The highest BCUT2D eigenvalue weighted by Crippen LogP contribution is 2.23. The zero-order valence-electron chi connectivity index (χ0n) is 12.5. The molecule has 3 aromatic rings. The fourth-order valence-corrected chi connectivity index (χ4v) is 3.83. The van der Waals surface area contributed by atoms with Crippen molar-refractivity contribution in [3.63, 3.8) is 0 Å². The molecule has 0 saturated heterocycles. The van der Waals surface area contributed by atoms with Crippen LogP contribution in [-0.2, 0) is 17.1 Å². The van der Waals surface area contributed by atoms with E-state index >= 15 is 0 Å². The number of aryl methyl sites for hydroxylation is 1. The zero-order chi connectivity index (χ0) is 17.5. The van der Waals surface area contributed by atoms with E-state index in [2.05, 4.69) is 0 Å². The lowest BCUT2D eigenvalue weighted by Gasteiger charge is -2.09. The van der Waals surface area contributed by atoms with E-state index in [0.29, 0.717) is 5.02 Å². The number of carbonyl (C=O) groups excluding carboxylic acids is 1. The van der Waals surface area contributed by atoms with Gasteiger partial charge >= 0.3 is 0 Å². The largest absolute Gasteiger partial charge is 0.351 e. The fourth-order valence-electron chi connectivity index (χ4n) is 2.34. The molecular weight excluding hydrogens is 371 g/mol. The summed E-state index contributed by atoms with van der Waals surface area (Å²) in [6, 6.07) is 10.6. The van der Waals surface area contributed by atoms with Crippen molar-refractivity contribution in [3.05, 3.63) is 64.3 Å². The van der Waals surface area contributed by atoms with Gasteiger partial charge in [0.25, 0.3) is 15.9 Å². The van der Waals surface area contributed by atoms with Crippen LogP contribution in [0, 0.1) is 0 Å². The molecule has 124 valence electrons. The number of halogens is 2. The van der Waals surface area contributed by atoms with Crippen LogP contribution < -0.4 is 4.72 Å². The highest BCUT2D eigenvalue weighted by molar-refractivity contribution is 7.90. The summed E-state index contributed by atoms with van der Waals surface area (Å²) in [4.78, 5) is 12.2. The molecule has 3 rings (SSSR count). The van der Waals surface area contributed by atoms with Crippen LogP contribution in [0.4, 0.5) is 0 Å². The Balaban J connectivity index is 1.93. The molecule has 0 atom stereocenters. The molecule has 0 radical (unpaired) electrons. The highest BCUT2D eigenvalue weighted by Gasteiger charge is 2.21. The highest BCUT2D eigenvalue weighted by atomic mass is 35.5. The lowest BCUT2D eigenvalue weighted by Crippen LogP contribution is -2.30. The summed E-state index contributed by atoms with van der Waals surface area (Å²) in [5.41, 5.74) is 0.923. The fraction of sp³-hybridized carbons (Fsp3) is 0.0625. The summed E-state index contributed by atoms with van der Waals surface area (Å²) in [7, 11) is -2.16. The van der Waals surface area contributed by atoms with Gasteiger partial charge in [-0.15, -0.1) is 0 Å². The summed E-state index contributed by atoms with van der Waals surface area (Å²) < 4.78 is 28.8. The lowest BCUT2D eigenvalue weighted by molar-refractivity contribution is 0.0981. The van der Waals surface area contributed by atoms with E-state index in [1.165, 1.54) is 30.3 Å². The minimum atomic E-state index is -4.02. The van der Waals surface area contributed by atoms with E-state index in [0.717, 1.165) is 10.9 Å². The number of nitrogens with zero attached hydrogens (tertiary/aromatic N) is 1. The molecule has 2 aromatic carbocycles. The monoisotopic (exact) mass is 382 g/mol. The van der Waals surface area contributed by atoms with Gasteiger partial charge in [0.2, 0.25) is 0 Å². The second kappa shape index (κ2) is 6.12. The Hall–Kier alpha value is -2.02. The van der Waals surface area contributed by atoms with Gasteiger partial charge in [0.15, 0.2) is 0 Å². The first kappa shape index (κ1) is 16.8. The van der Waals surface area contributed by atoms with Gasteiger partial charge in [0, 0.05) is 29.2 Å². The predicted octanol–water partition coefficient (Wildman–Crippen LogP) is 3.60. The Bertz CT molecular complexity index is 1060. The second-order valence-corrected chi connectivity index (χ2v) is 7.73. The molecular formula is C16H12Cl2N2O3S. The van der Waals surface area contributed by atoms with Gasteiger partial charge in [-0.2, -0.15) is 0 Å². The van der Waals surface area contributed by atoms with E-state index in [9.17, 15) is 13.2 Å². The second-order valence-electron chi connectivity index (χ2n) is 5.21. The van der Waals surface area contributed by atoms with Crippen molar-refractivity contribution >= 4 is 50.0 Å². The van der Waals surface area contributed by atoms with Crippen molar-refractivity contribution in [3.8, 4) is 0 Å². The molecule has 0 saturated carbocycles. The quantitative estimate of drug-likeness (QED) is 0.752. The van der Waals surface area contributed by atoms with Crippen LogP contribution in [-0.4, -0.2) is 18.9 Å². The van der Waals surface area contributed by atoms with Gasteiger partial charge in [-0.25, -0.2) is 13.1 Å². The van der Waals surface area contributed by atoms with Gasteiger partial charge < -0.3 is 4.57 Å². The molecule has 8 heteroatoms. The molecule has 1 N–H and O–H groups in total. The maximum Gasteiger partial charge on any atom is 0.266 e. The number of fused-ring (bicyclic) bond motifs is 1. The summed E-state index contributed by atoms with van der Waals surface area (Å²) in [5.74, 6) is -0.815. The first-order chi connectivity index (χ1) is 11.3. The van der Waals surface area contributed by atoms with Gasteiger partial charge in [-0.1, -0.05) is 23.2 Å². The number of hydrogen-bond donors (Lipinski definition) is 1. The van der Waals surface area contributed by atoms with Gasteiger partial charge in [-0.05, 0) is 42.5 Å². The molecule has 0 spiro atoms. The smallest absolute Gasteiger partial charge is 0.266 e. The predicted molar refractivity (Wildman–Crippen MR) is 94.0 cm³/mol. The first-order valence-electron chi connectivity index (χ1n) is 6.85. The molecule has 0 fully saturated rings. The zero-order valence-corrected chi connectivity index (χ0v) is 14.8. The van der Waals surface area contributed by atoms with Crippen molar-refractivity contribution in [1.29, 1.82) is 0 Å². The van der Waals surface area contributed by atoms with E-state index in [1.54, 1.807) is 12.1 Å². The number of sulfonamides is 1. The van der Waals surface area contributed by atoms with Crippen LogP contribution in [0.2, 0.25) is 10.0 Å². The summed E-state index contributed by atoms with van der Waals surface area (Å²) >= 11 is 11.7. The van der Waals surface area contributed by atoms with Crippen LogP contribution in [0.1, 0.15) is 10.4 Å². The number of rotatable bonds is 3. The SMILES string of the molecule is Cn1ccc2cc(S(=O)(=O)NC(=O)c3ccc(Cl)cc3Cl)ccc21. The molecule has 5 nitrogen and oxygen atoms in total. The van der Waals surface area contributed by atoms with E-state index in [4.69, 9.17) is 23.2 Å². The van der Waals surface area contributed by atoms with Crippen LogP contribution in [0.5, 0.6) is 0 Å². The first-order valence-corrected chi connectivity index (χ1v) is 9.09. The van der Waals surface area contributed by atoms with Gasteiger partial charge in [0.05, 0.1) is 15.5 Å². The van der Waals surface area contributed by atoms with Crippen molar-refractivity contribution in [2.75, 3.05) is 0 Å².